The lowest BCUT2D eigenvalue weighted by Crippen LogP contribution is -2.32. The van der Waals surface area contributed by atoms with Crippen molar-refractivity contribution in [2.24, 2.45) is 34.5 Å². The van der Waals surface area contributed by atoms with Crippen LogP contribution in [0.15, 0.2) is 0 Å². The molecule has 0 amide bonds. The Kier molecular flexibility index (Phi) is 1.79. The fraction of sp³-hybridized carbons (Fsp3) is 1.00. The van der Waals surface area contributed by atoms with Crippen LogP contribution in [-0.2, 0) is 0 Å². The molecule has 3 unspecified atom stereocenters. The van der Waals surface area contributed by atoms with E-state index in [2.05, 4.69) is 13.8 Å². The van der Waals surface area contributed by atoms with Gasteiger partial charge in [0.05, 0.1) is 0 Å². The van der Waals surface area contributed by atoms with E-state index in [9.17, 15) is 0 Å². The van der Waals surface area contributed by atoms with Crippen molar-refractivity contribution in [1.82, 2.24) is 0 Å². The van der Waals surface area contributed by atoms with E-state index in [-0.39, 0.29) is 0 Å². The van der Waals surface area contributed by atoms with Crippen LogP contribution >= 0.6 is 0 Å². The van der Waals surface area contributed by atoms with E-state index in [4.69, 9.17) is 0 Å². The van der Waals surface area contributed by atoms with Gasteiger partial charge in [0.1, 0.15) is 0 Å². The van der Waals surface area contributed by atoms with E-state index < -0.39 is 0 Å². The topological polar surface area (TPSA) is 0 Å². The largest absolute Gasteiger partial charge is 0.0594 e. The van der Waals surface area contributed by atoms with Crippen molar-refractivity contribution in [3.8, 4) is 0 Å². The minimum Gasteiger partial charge on any atom is -0.0594 e. The monoisotopic (exact) mass is 218 g/mol. The van der Waals surface area contributed by atoms with E-state index in [1.54, 1.807) is 51.4 Å². The van der Waals surface area contributed by atoms with E-state index in [0.717, 1.165) is 29.1 Å². The van der Waals surface area contributed by atoms with Crippen molar-refractivity contribution in [3.05, 3.63) is 0 Å². The highest BCUT2D eigenvalue weighted by atomic mass is 14.7. The summed E-state index contributed by atoms with van der Waals surface area (Å²) in [7, 11) is 0. The van der Waals surface area contributed by atoms with Crippen LogP contribution in [0.4, 0.5) is 0 Å². The van der Waals surface area contributed by atoms with Crippen molar-refractivity contribution < 1.29 is 0 Å². The molecule has 4 fully saturated rings. The zero-order valence-electron chi connectivity index (χ0n) is 11.0. The number of hydrogen-bond acceptors (Lipinski definition) is 0. The third-order valence-corrected chi connectivity index (χ3v) is 7.44. The first-order valence-electron chi connectivity index (χ1n) is 7.62. The Labute approximate surface area is 100 Å². The van der Waals surface area contributed by atoms with Gasteiger partial charge in [-0.25, -0.2) is 0 Å². The van der Waals surface area contributed by atoms with Crippen LogP contribution < -0.4 is 0 Å². The van der Waals surface area contributed by atoms with E-state index in [1.165, 1.54) is 0 Å². The van der Waals surface area contributed by atoms with Crippen molar-refractivity contribution in [1.29, 1.82) is 0 Å². The van der Waals surface area contributed by atoms with Crippen LogP contribution in [0.25, 0.3) is 0 Å². The van der Waals surface area contributed by atoms with E-state index in [1.807, 2.05) is 0 Å². The Balaban J connectivity index is 1.66. The molecule has 4 aliphatic carbocycles. The van der Waals surface area contributed by atoms with Gasteiger partial charge in [0.15, 0.2) is 0 Å². The molecule has 0 radical (unpaired) electrons. The molecule has 90 valence electrons. The molecule has 0 N–H and O–H groups in total. The van der Waals surface area contributed by atoms with Crippen molar-refractivity contribution in [2.75, 3.05) is 0 Å². The number of rotatable bonds is 1. The lowest BCUT2D eigenvalue weighted by molar-refractivity contribution is 0.0921. The Bertz CT molecular complexity index is 306. The average molecular weight is 218 g/mol. The summed E-state index contributed by atoms with van der Waals surface area (Å²) in [6, 6.07) is 0. The second-order valence-electron chi connectivity index (χ2n) is 8.05. The smallest absolute Gasteiger partial charge is 0.0263 e. The Morgan fingerprint density at radius 3 is 2.06 bits per heavy atom. The number of hydrogen-bond donors (Lipinski definition) is 0. The molecule has 16 heavy (non-hydrogen) atoms. The second-order valence-corrected chi connectivity index (χ2v) is 8.05. The molecule has 0 saturated heterocycles. The van der Waals surface area contributed by atoms with Gasteiger partial charge in [-0.3, -0.25) is 0 Å². The molecule has 0 heteroatoms. The van der Waals surface area contributed by atoms with Crippen LogP contribution in [0, 0.1) is 34.5 Å². The van der Waals surface area contributed by atoms with Gasteiger partial charge in [0.2, 0.25) is 0 Å². The van der Waals surface area contributed by atoms with Crippen LogP contribution in [-0.4, -0.2) is 0 Å². The predicted molar refractivity (Wildman–Crippen MR) is 67.1 cm³/mol. The summed E-state index contributed by atoms with van der Waals surface area (Å²) < 4.78 is 0. The van der Waals surface area contributed by atoms with Gasteiger partial charge >= 0.3 is 0 Å². The average Bonchev–Trinajstić information content (AvgIpc) is 2.99. The summed E-state index contributed by atoms with van der Waals surface area (Å²) in [6.45, 7) is 5.15. The maximum Gasteiger partial charge on any atom is -0.0263 e. The molecule has 4 bridgehead atoms. The van der Waals surface area contributed by atoms with E-state index in [0.29, 0.717) is 5.41 Å². The van der Waals surface area contributed by atoms with E-state index >= 15 is 0 Å². The molecule has 4 saturated carbocycles. The molecule has 0 nitrogen and oxygen atoms in total. The maximum absolute atomic E-state index is 2.58. The van der Waals surface area contributed by atoms with Crippen LogP contribution in [0.1, 0.15) is 65.2 Å². The number of fused-ring (bicyclic) bond motifs is 4. The van der Waals surface area contributed by atoms with Crippen LogP contribution in [0.2, 0.25) is 0 Å². The first-order valence-corrected chi connectivity index (χ1v) is 7.62. The SMILES string of the molecule is CC1(C)C2CCC1C(C13CCC(CC1)C3)C2. The predicted octanol–water partition coefficient (Wildman–Crippen LogP) is 4.64. The van der Waals surface area contributed by atoms with Gasteiger partial charge < -0.3 is 0 Å². The fourth-order valence-corrected chi connectivity index (χ4v) is 6.47. The van der Waals surface area contributed by atoms with Crippen molar-refractivity contribution >= 4 is 0 Å². The van der Waals surface area contributed by atoms with Gasteiger partial charge in [-0.1, -0.05) is 13.8 Å². The first kappa shape index (κ1) is 9.97. The molecule has 0 aromatic heterocycles. The molecule has 0 spiro atoms. The maximum atomic E-state index is 2.58. The standard InChI is InChI=1S/C16H26/c1-15(2)12-3-4-13(15)14(9-12)16-7-5-11(10-16)6-8-16/h11-14H,3-10H2,1-2H3. The molecule has 4 aliphatic rings. The highest BCUT2D eigenvalue weighted by Gasteiger charge is 2.61. The third-order valence-electron chi connectivity index (χ3n) is 7.44. The molecule has 0 aromatic carbocycles. The van der Waals surface area contributed by atoms with Gasteiger partial charge in [0.25, 0.3) is 0 Å². The third kappa shape index (κ3) is 1.03. The zero-order valence-corrected chi connectivity index (χ0v) is 11.0. The van der Waals surface area contributed by atoms with Gasteiger partial charge in [-0.2, -0.15) is 0 Å². The summed E-state index contributed by atoms with van der Waals surface area (Å²) in [5.74, 6) is 4.45. The van der Waals surface area contributed by atoms with Gasteiger partial charge in [0, 0.05) is 0 Å². The summed E-state index contributed by atoms with van der Waals surface area (Å²) in [4.78, 5) is 0. The summed E-state index contributed by atoms with van der Waals surface area (Å²) in [5, 5.41) is 0. The Morgan fingerprint density at radius 1 is 0.875 bits per heavy atom. The normalized spacial score (nSPS) is 57.4. The second kappa shape index (κ2) is 2.87. The fourth-order valence-electron chi connectivity index (χ4n) is 6.47. The molecule has 0 aromatic rings. The Hall–Kier alpha value is 0. The lowest BCUT2D eigenvalue weighted by Gasteiger charge is -2.40. The summed E-state index contributed by atoms with van der Waals surface area (Å²) >= 11 is 0. The molecule has 0 heterocycles. The van der Waals surface area contributed by atoms with Crippen molar-refractivity contribution in [2.45, 2.75) is 65.2 Å². The minimum absolute atomic E-state index is 0.695. The highest BCUT2D eigenvalue weighted by molar-refractivity contribution is 5.10. The highest BCUT2D eigenvalue weighted by Crippen LogP contribution is 2.70. The van der Waals surface area contributed by atoms with Gasteiger partial charge in [-0.15, -0.1) is 0 Å². The molecule has 0 aliphatic heterocycles. The molecule has 4 rings (SSSR count). The summed E-state index contributed by atoms with van der Waals surface area (Å²) in [6.07, 6.45) is 12.7. The first-order chi connectivity index (χ1) is 7.62. The van der Waals surface area contributed by atoms with Crippen LogP contribution in [0.3, 0.4) is 0 Å². The Morgan fingerprint density at radius 2 is 1.62 bits per heavy atom. The van der Waals surface area contributed by atoms with Crippen molar-refractivity contribution in [3.63, 3.8) is 0 Å². The zero-order chi connectivity index (χ0) is 11.0. The quantitative estimate of drug-likeness (QED) is 0.601. The molecular weight excluding hydrogens is 192 g/mol. The van der Waals surface area contributed by atoms with Crippen LogP contribution in [0.5, 0.6) is 0 Å². The molecular formula is C16H26. The lowest BCUT2D eigenvalue weighted by atomic mass is 9.65. The van der Waals surface area contributed by atoms with Gasteiger partial charge in [-0.05, 0) is 85.9 Å². The minimum atomic E-state index is 0.695. The molecule has 3 atom stereocenters. The summed E-state index contributed by atoms with van der Waals surface area (Å²) in [5.41, 5.74) is 1.54.